The van der Waals surface area contributed by atoms with Crippen LogP contribution in [0.5, 0.6) is 0 Å². The van der Waals surface area contributed by atoms with Crippen LogP contribution in [0.4, 0.5) is 19.0 Å². The highest BCUT2D eigenvalue weighted by molar-refractivity contribution is 5.92. The highest BCUT2D eigenvalue weighted by atomic mass is 19.4. The number of nitrogens with zero attached hydrogens (tertiary/aromatic N) is 4. The smallest absolute Gasteiger partial charge is 0.339 e. The zero-order chi connectivity index (χ0) is 19.4. The summed E-state index contributed by atoms with van der Waals surface area (Å²) in [7, 11) is 0. The largest absolute Gasteiger partial charge is 0.406 e. The van der Waals surface area contributed by atoms with Crippen molar-refractivity contribution < 1.29 is 22.5 Å². The summed E-state index contributed by atoms with van der Waals surface area (Å²) in [6.45, 7) is 4.44. The lowest BCUT2D eigenvalue weighted by molar-refractivity contribution is -0.132. The van der Waals surface area contributed by atoms with Crippen molar-refractivity contribution in [2.24, 2.45) is 0 Å². The van der Waals surface area contributed by atoms with E-state index in [9.17, 15) is 18.0 Å². The summed E-state index contributed by atoms with van der Waals surface area (Å²) in [5.74, 6) is 0.230. The lowest BCUT2D eigenvalue weighted by Crippen LogP contribution is -2.39. The van der Waals surface area contributed by atoms with Crippen molar-refractivity contribution in [3.63, 3.8) is 0 Å². The first-order valence-electron chi connectivity index (χ1n) is 8.17. The maximum atomic E-state index is 12.8. The van der Waals surface area contributed by atoms with Gasteiger partial charge < -0.3 is 4.52 Å². The van der Waals surface area contributed by atoms with Gasteiger partial charge in [-0.25, -0.2) is 4.98 Å². The predicted molar refractivity (Wildman–Crippen MR) is 88.6 cm³/mol. The topological polar surface area (TPSA) is 72.1 Å². The molecule has 142 valence electrons. The molecule has 0 atom stereocenters. The molecular formula is C17H21F3N4O2. The number of halogens is 3. The molecule has 0 N–H and O–H groups in total. The van der Waals surface area contributed by atoms with E-state index in [1.165, 1.54) is 18.3 Å². The summed E-state index contributed by atoms with van der Waals surface area (Å²) in [5.41, 5.74) is -0.264. The Kier molecular flexibility index (Phi) is 5.99. The second kappa shape index (κ2) is 7.84. The molecule has 2 aromatic rings. The minimum Gasteiger partial charge on any atom is -0.339 e. The number of hydrogen-bond acceptors (Lipinski definition) is 5. The molecular weight excluding hydrogens is 349 g/mol. The van der Waals surface area contributed by atoms with Crippen LogP contribution < -0.4 is 4.90 Å². The molecule has 6 nitrogen and oxygen atoms in total. The van der Waals surface area contributed by atoms with Crippen molar-refractivity contribution in [1.29, 1.82) is 0 Å². The van der Waals surface area contributed by atoms with Gasteiger partial charge >= 0.3 is 6.18 Å². The first kappa shape index (κ1) is 19.9. The molecule has 0 saturated heterocycles. The number of aryl methyl sites for hydroxylation is 1. The monoisotopic (exact) mass is 370 g/mol. The SMILES string of the molecule is CC(C)(C)c1noc(CCCC(=O)N(CC(F)(F)F)c2ccccn2)n1. The second-order valence-electron chi connectivity index (χ2n) is 6.90. The number of aromatic nitrogens is 3. The van der Waals surface area contributed by atoms with E-state index in [4.69, 9.17) is 4.52 Å². The van der Waals surface area contributed by atoms with Crippen molar-refractivity contribution in [3.8, 4) is 0 Å². The fraction of sp³-hybridized carbons (Fsp3) is 0.529. The molecule has 0 radical (unpaired) electrons. The molecule has 2 heterocycles. The third kappa shape index (κ3) is 5.82. The first-order chi connectivity index (χ1) is 12.1. The summed E-state index contributed by atoms with van der Waals surface area (Å²) >= 11 is 0. The molecule has 0 aromatic carbocycles. The zero-order valence-electron chi connectivity index (χ0n) is 14.9. The van der Waals surface area contributed by atoms with Crippen molar-refractivity contribution in [1.82, 2.24) is 15.1 Å². The molecule has 1 amide bonds. The molecule has 2 rings (SSSR count). The van der Waals surface area contributed by atoms with E-state index in [1.807, 2.05) is 20.8 Å². The average Bonchev–Trinajstić information content (AvgIpc) is 3.02. The van der Waals surface area contributed by atoms with Gasteiger partial charge in [0.15, 0.2) is 5.82 Å². The van der Waals surface area contributed by atoms with Gasteiger partial charge in [-0.1, -0.05) is 32.0 Å². The quantitative estimate of drug-likeness (QED) is 0.776. The standard InChI is InChI=1S/C17H21F3N4O2/c1-16(2,3)15-22-13(26-23-15)8-6-9-14(25)24(11-17(18,19)20)12-7-4-5-10-21-12/h4-5,7,10H,6,8-9,11H2,1-3H3. The van der Waals surface area contributed by atoms with Gasteiger partial charge in [0.05, 0.1) is 0 Å². The van der Waals surface area contributed by atoms with E-state index in [0.29, 0.717) is 29.5 Å². The van der Waals surface area contributed by atoms with E-state index < -0.39 is 18.6 Å². The Balaban J connectivity index is 1.98. The van der Waals surface area contributed by atoms with E-state index >= 15 is 0 Å². The van der Waals surface area contributed by atoms with Gasteiger partial charge in [0.1, 0.15) is 12.4 Å². The third-order valence-corrected chi connectivity index (χ3v) is 3.48. The van der Waals surface area contributed by atoms with Crippen LogP contribution in [0.2, 0.25) is 0 Å². The summed E-state index contributed by atoms with van der Waals surface area (Å²) in [6, 6.07) is 4.48. The number of rotatable bonds is 6. The Morgan fingerprint density at radius 3 is 2.50 bits per heavy atom. The van der Waals surface area contributed by atoms with Crippen molar-refractivity contribution in [3.05, 3.63) is 36.1 Å². The minimum absolute atomic E-state index is 0.0253. The fourth-order valence-electron chi connectivity index (χ4n) is 2.18. The van der Waals surface area contributed by atoms with Gasteiger partial charge in [-0.3, -0.25) is 9.69 Å². The van der Waals surface area contributed by atoms with Gasteiger partial charge in [-0.15, -0.1) is 0 Å². The first-order valence-corrected chi connectivity index (χ1v) is 8.17. The Morgan fingerprint density at radius 1 is 1.23 bits per heavy atom. The maximum Gasteiger partial charge on any atom is 0.406 e. The molecule has 0 spiro atoms. The highest BCUT2D eigenvalue weighted by Gasteiger charge is 2.34. The second-order valence-corrected chi connectivity index (χ2v) is 6.90. The van der Waals surface area contributed by atoms with Crippen LogP contribution in [-0.2, 0) is 16.6 Å². The molecule has 0 aliphatic heterocycles. The fourth-order valence-corrected chi connectivity index (χ4v) is 2.18. The van der Waals surface area contributed by atoms with Crippen LogP contribution in [0.3, 0.4) is 0 Å². The van der Waals surface area contributed by atoms with Crippen LogP contribution in [0.25, 0.3) is 0 Å². The lowest BCUT2D eigenvalue weighted by Gasteiger charge is -2.22. The van der Waals surface area contributed by atoms with Crippen LogP contribution in [-0.4, -0.2) is 33.8 Å². The van der Waals surface area contributed by atoms with Crippen molar-refractivity contribution in [2.45, 2.75) is 51.6 Å². The van der Waals surface area contributed by atoms with E-state index in [0.717, 1.165) is 0 Å². The van der Waals surface area contributed by atoms with E-state index in [1.54, 1.807) is 6.07 Å². The molecule has 0 fully saturated rings. The number of amides is 1. The Hall–Kier alpha value is -2.45. The third-order valence-electron chi connectivity index (χ3n) is 3.48. The van der Waals surface area contributed by atoms with Gasteiger partial charge in [-0.2, -0.15) is 18.2 Å². The number of hydrogen-bond donors (Lipinski definition) is 0. The highest BCUT2D eigenvalue weighted by Crippen LogP contribution is 2.22. The Bertz CT molecular complexity index is 724. The van der Waals surface area contributed by atoms with Gasteiger partial charge in [-0.05, 0) is 18.6 Å². The summed E-state index contributed by atoms with van der Waals surface area (Å²) < 4.78 is 43.5. The van der Waals surface area contributed by atoms with Gasteiger partial charge in [0.25, 0.3) is 0 Å². The molecule has 2 aromatic heterocycles. The van der Waals surface area contributed by atoms with Crippen LogP contribution in [0, 0.1) is 0 Å². The zero-order valence-corrected chi connectivity index (χ0v) is 14.9. The molecule has 26 heavy (non-hydrogen) atoms. The summed E-state index contributed by atoms with van der Waals surface area (Å²) in [5, 5.41) is 3.88. The molecule has 0 bridgehead atoms. The lowest BCUT2D eigenvalue weighted by atomic mass is 9.96. The molecule has 0 saturated carbocycles. The molecule has 0 aliphatic carbocycles. The van der Waals surface area contributed by atoms with Crippen molar-refractivity contribution >= 4 is 11.7 Å². The maximum absolute atomic E-state index is 12.8. The van der Waals surface area contributed by atoms with Crippen molar-refractivity contribution in [2.75, 3.05) is 11.4 Å². The minimum atomic E-state index is -4.51. The molecule has 0 aliphatic rings. The number of carbonyl (C=O) groups is 1. The van der Waals surface area contributed by atoms with Gasteiger partial charge in [0.2, 0.25) is 11.8 Å². The Morgan fingerprint density at radius 2 is 1.96 bits per heavy atom. The Labute approximate surface area is 149 Å². The number of pyridine rings is 1. The van der Waals surface area contributed by atoms with Crippen LogP contribution >= 0.6 is 0 Å². The average molecular weight is 370 g/mol. The summed E-state index contributed by atoms with van der Waals surface area (Å²) in [4.78, 5) is 21.0. The predicted octanol–water partition coefficient (Wildman–Crippen LogP) is 3.68. The summed E-state index contributed by atoms with van der Waals surface area (Å²) in [6.07, 6.45) is -2.64. The number of alkyl halides is 3. The van der Waals surface area contributed by atoms with E-state index in [-0.39, 0.29) is 17.7 Å². The van der Waals surface area contributed by atoms with Crippen LogP contribution in [0.1, 0.15) is 45.3 Å². The molecule has 0 unspecified atom stereocenters. The van der Waals surface area contributed by atoms with Gasteiger partial charge in [0, 0.05) is 24.5 Å². The number of anilines is 1. The van der Waals surface area contributed by atoms with Crippen LogP contribution in [0.15, 0.2) is 28.9 Å². The number of carbonyl (C=O) groups excluding carboxylic acids is 1. The van der Waals surface area contributed by atoms with E-state index in [2.05, 4.69) is 15.1 Å². The molecule has 9 heteroatoms. The normalized spacial score (nSPS) is 12.2.